The predicted octanol–water partition coefficient (Wildman–Crippen LogP) is 3.12. The molecule has 0 aliphatic carbocycles. The maximum absolute atomic E-state index is 12.4. The fourth-order valence-corrected chi connectivity index (χ4v) is 2.19. The van der Waals surface area contributed by atoms with E-state index in [2.05, 4.69) is 29.5 Å². The van der Waals surface area contributed by atoms with E-state index < -0.39 is 5.91 Å². The van der Waals surface area contributed by atoms with E-state index in [-0.39, 0.29) is 17.3 Å². The van der Waals surface area contributed by atoms with Gasteiger partial charge in [-0.3, -0.25) is 9.59 Å². The SMILES string of the molecule is COc1ccccc1NC(=O)c1cccc(C(=O)NCCC(C)C)n1. The number of ether oxygens (including phenoxy) is 1. The number of nitrogens with one attached hydrogen (secondary N) is 2. The number of carbonyl (C=O) groups excluding carboxylic acids is 2. The zero-order valence-corrected chi connectivity index (χ0v) is 14.7. The van der Waals surface area contributed by atoms with Gasteiger partial charge >= 0.3 is 0 Å². The molecule has 0 saturated heterocycles. The van der Waals surface area contributed by atoms with Crippen LogP contribution in [0.5, 0.6) is 5.75 Å². The maximum Gasteiger partial charge on any atom is 0.274 e. The first-order valence-electron chi connectivity index (χ1n) is 8.21. The van der Waals surface area contributed by atoms with E-state index in [1.54, 1.807) is 36.4 Å². The van der Waals surface area contributed by atoms with E-state index in [4.69, 9.17) is 4.74 Å². The van der Waals surface area contributed by atoms with Crippen molar-refractivity contribution >= 4 is 17.5 Å². The predicted molar refractivity (Wildman–Crippen MR) is 97.0 cm³/mol. The van der Waals surface area contributed by atoms with Crippen molar-refractivity contribution in [3.63, 3.8) is 0 Å². The maximum atomic E-state index is 12.4. The molecule has 132 valence electrons. The Morgan fingerprint density at radius 2 is 1.72 bits per heavy atom. The number of aromatic nitrogens is 1. The lowest BCUT2D eigenvalue weighted by atomic mass is 10.1. The number of hydrogen-bond acceptors (Lipinski definition) is 4. The number of amides is 2. The van der Waals surface area contributed by atoms with Gasteiger partial charge in [-0.05, 0) is 36.6 Å². The molecular formula is C19H23N3O3. The Morgan fingerprint density at radius 1 is 1.04 bits per heavy atom. The Hall–Kier alpha value is -2.89. The van der Waals surface area contributed by atoms with Crippen LogP contribution in [0, 0.1) is 5.92 Å². The second kappa shape index (κ2) is 8.82. The monoisotopic (exact) mass is 341 g/mol. The molecular weight excluding hydrogens is 318 g/mol. The van der Waals surface area contributed by atoms with E-state index in [1.807, 2.05) is 6.07 Å². The van der Waals surface area contributed by atoms with Crippen LogP contribution in [0.2, 0.25) is 0 Å². The molecule has 1 aromatic heterocycles. The quantitative estimate of drug-likeness (QED) is 0.811. The van der Waals surface area contributed by atoms with E-state index in [1.165, 1.54) is 7.11 Å². The van der Waals surface area contributed by atoms with E-state index >= 15 is 0 Å². The molecule has 2 aromatic rings. The molecule has 1 aromatic carbocycles. The third kappa shape index (κ3) is 5.31. The van der Waals surface area contributed by atoms with Gasteiger partial charge in [-0.2, -0.15) is 0 Å². The zero-order chi connectivity index (χ0) is 18.2. The van der Waals surface area contributed by atoms with Crippen molar-refractivity contribution in [1.82, 2.24) is 10.3 Å². The fraction of sp³-hybridized carbons (Fsp3) is 0.316. The Labute approximate surface area is 147 Å². The van der Waals surface area contributed by atoms with Crippen LogP contribution in [0.3, 0.4) is 0 Å². The molecule has 0 aliphatic heterocycles. The molecule has 0 saturated carbocycles. The molecule has 0 unspecified atom stereocenters. The molecule has 0 bridgehead atoms. The van der Waals surface area contributed by atoms with Gasteiger partial charge in [0.25, 0.3) is 11.8 Å². The molecule has 0 fully saturated rings. The first-order valence-corrected chi connectivity index (χ1v) is 8.21. The summed E-state index contributed by atoms with van der Waals surface area (Å²) in [6, 6.07) is 11.9. The van der Waals surface area contributed by atoms with Crippen LogP contribution < -0.4 is 15.4 Å². The Bertz CT molecular complexity index is 744. The van der Waals surface area contributed by atoms with Gasteiger partial charge in [-0.25, -0.2) is 4.98 Å². The largest absolute Gasteiger partial charge is 0.495 e. The topological polar surface area (TPSA) is 80.3 Å². The number of carbonyl (C=O) groups is 2. The van der Waals surface area contributed by atoms with Gasteiger partial charge in [0, 0.05) is 6.54 Å². The highest BCUT2D eigenvalue weighted by Gasteiger charge is 2.14. The minimum absolute atomic E-state index is 0.169. The first kappa shape index (κ1) is 18.4. The average Bonchev–Trinajstić information content (AvgIpc) is 2.61. The van der Waals surface area contributed by atoms with Crippen LogP contribution in [-0.4, -0.2) is 30.5 Å². The summed E-state index contributed by atoms with van der Waals surface area (Å²) >= 11 is 0. The summed E-state index contributed by atoms with van der Waals surface area (Å²) in [5, 5.41) is 5.56. The van der Waals surface area contributed by atoms with Crippen molar-refractivity contribution < 1.29 is 14.3 Å². The second-order valence-electron chi connectivity index (χ2n) is 6.00. The van der Waals surface area contributed by atoms with Gasteiger partial charge in [-0.15, -0.1) is 0 Å². The number of hydrogen-bond donors (Lipinski definition) is 2. The van der Waals surface area contributed by atoms with Crippen molar-refractivity contribution in [2.24, 2.45) is 5.92 Å². The third-order valence-electron chi connectivity index (χ3n) is 3.58. The number of methoxy groups -OCH3 is 1. The van der Waals surface area contributed by atoms with Crippen molar-refractivity contribution in [3.05, 3.63) is 53.9 Å². The number of nitrogens with zero attached hydrogens (tertiary/aromatic N) is 1. The summed E-state index contributed by atoms with van der Waals surface area (Å²) < 4.78 is 5.21. The van der Waals surface area contributed by atoms with Crippen LogP contribution in [0.25, 0.3) is 0 Å². The Balaban J connectivity index is 2.07. The van der Waals surface area contributed by atoms with E-state index in [9.17, 15) is 9.59 Å². The average molecular weight is 341 g/mol. The summed E-state index contributed by atoms with van der Waals surface area (Å²) in [5.74, 6) is 0.374. The normalized spacial score (nSPS) is 10.4. The smallest absolute Gasteiger partial charge is 0.274 e. The lowest BCUT2D eigenvalue weighted by Crippen LogP contribution is -2.27. The number of para-hydroxylation sites is 2. The molecule has 2 amide bonds. The molecule has 0 radical (unpaired) electrons. The van der Waals surface area contributed by atoms with Crippen molar-refractivity contribution in [3.8, 4) is 5.75 Å². The molecule has 0 atom stereocenters. The van der Waals surface area contributed by atoms with Crippen molar-refractivity contribution in [2.45, 2.75) is 20.3 Å². The standard InChI is InChI=1S/C19H23N3O3/c1-13(2)11-12-20-18(23)15-8-6-9-16(21-15)19(24)22-14-7-4-5-10-17(14)25-3/h4-10,13H,11-12H2,1-3H3,(H,20,23)(H,22,24). The van der Waals surface area contributed by atoms with Gasteiger partial charge in [0.05, 0.1) is 12.8 Å². The van der Waals surface area contributed by atoms with Crippen LogP contribution >= 0.6 is 0 Å². The molecule has 0 aliphatic rings. The summed E-state index contributed by atoms with van der Waals surface area (Å²) in [4.78, 5) is 28.7. The van der Waals surface area contributed by atoms with Gasteiger partial charge in [0.15, 0.2) is 0 Å². The van der Waals surface area contributed by atoms with Gasteiger partial charge in [0.1, 0.15) is 17.1 Å². The highest BCUT2D eigenvalue weighted by atomic mass is 16.5. The van der Waals surface area contributed by atoms with Crippen LogP contribution in [0.4, 0.5) is 5.69 Å². The van der Waals surface area contributed by atoms with Crippen LogP contribution in [-0.2, 0) is 0 Å². The summed E-state index contributed by atoms with van der Waals surface area (Å²) in [6.07, 6.45) is 0.889. The van der Waals surface area contributed by atoms with Gasteiger partial charge in [0.2, 0.25) is 0 Å². The van der Waals surface area contributed by atoms with E-state index in [0.717, 1.165) is 6.42 Å². The minimum Gasteiger partial charge on any atom is -0.495 e. The molecule has 0 spiro atoms. The molecule has 6 heteroatoms. The lowest BCUT2D eigenvalue weighted by Gasteiger charge is -2.10. The summed E-state index contributed by atoms with van der Waals surface area (Å²) in [5.41, 5.74) is 0.933. The number of rotatable bonds is 7. The van der Waals surface area contributed by atoms with E-state index in [0.29, 0.717) is 23.9 Å². The van der Waals surface area contributed by atoms with Crippen molar-refractivity contribution in [1.29, 1.82) is 0 Å². The first-order chi connectivity index (χ1) is 12.0. The fourth-order valence-electron chi connectivity index (χ4n) is 2.19. The highest BCUT2D eigenvalue weighted by molar-refractivity contribution is 6.04. The summed E-state index contributed by atoms with van der Waals surface area (Å²) in [7, 11) is 1.53. The zero-order valence-electron chi connectivity index (χ0n) is 14.7. The Morgan fingerprint density at radius 3 is 2.40 bits per heavy atom. The number of benzene rings is 1. The second-order valence-corrected chi connectivity index (χ2v) is 6.00. The molecule has 2 rings (SSSR count). The molecule has 25 heavy (non-hydrogen) atoms. The third-order valence-corrected chi connectivity index (χ3v) is 3.58. The van der Waals surface area contributed by atoms with Crippen molar-refractivity contribution in [2.75, 3.05) is 19.0 Å². The van der Waals surface area contributed by atoms with Gasteiger partial charge < -0.3 is 15.4 Å². The van der Waals surface area contributed by atoms with Gasteiger partial charge in [-0.1, -0.05) is 32.0 Å². The number of anilines is 1. The molecule has 1 heterocycles. The lowest BCUT2D eigenvalue weighted by molar-refractivity contribution is 0.0947. The number of pyridine rings is 1. The molecule has 6 nitrogen and oxygen atoms in total. The molecule has 2 N–H and O–H groups in total. The summed E-state index contributed by atoms with van der Waals surface area (Å²) in [6.45, 7) is 4.76. The minimum atomic E-state index is -0.402. The van der Waals surface area contributed by atoms with Crippen LogP contribution in [0.15, 0.2) is 42.5 Å². The van der Waals surface area contributed by atoms with Crippen LogP contribution in [0.1, 0.15) is 41.2 Å². The Kier molecular flexibility index (Phi) is 6.51. The highest BCUT2D eigenvalue weighted by Crippen LogP contribution is 2.23.